The number of carbonyl (C=O) groups excluding carboxylic acids is 3. The van der Waals surface area contributed by atoms with Crippen molar-refractivity contribution in [1.82, 2.24) is 10.6 Å². The van der Waals surface area contributed by atoms with Crippen LogP contribution in [-0.2, 0) is 14.4 Å². The van der Waals surface area contributed by atoms with Gasteiger partial charge in [0.05, 0.1) is 11.5 Å². The third-order valence-electron chi connectivity index (χ3n) is 4.58. The Morgan fingerprint density at radius 1 is 1.17 bits per heavy atom. The fraction of sp³-hybridized carbons (Fsp3) is 0.471. The highest BCUT2D eigenvalue weighted by Gasteiger charge is 2.55. The van der Waals surface area contributed by atoms with Crippen molar-refractivity contribution in [3.8, 4) is 0 Å². The SMILES string of the molecule is CNC(=O)[C@@H]1C(=O)C[C@](C)(O)[C@H](C(=O)NC)[C@H]1c1ccc(Br)cc1. The lowest BCUT2D eigenvalue weighted by atomic mass is 9.61. The minimum Gasteiger partial charge on any atom is -0.389 e. The van der Waals surface area contributed by atoms with Crippen molar-refractivity contribution in [3.63, 3.8) is 0 Å². The van der Waals surface area contributed by atoms with E-state index in [2.05, 4.69) is 26.6 Å². The summed E-state index contributed by atoms with van der Waals surface area (Å²) in [7, 11) is 2.93. The Morgan fingerprint density at radius 3 is 2.21 bits per heavy atom. The molecular formula is C17H21BrN2O4. The minimum atomic E-state index is -1.53. The smallest absolute Gasteiger partial charge is 0.230 e. The second kappa shape index (κ2) is 7.03. The van der Waals surface area contributed by atoms with Crippen LogP contribution in [0, 0.1) is 11.8 Å². The largest absolute Gasteiger partial charge is 0.389 e. The van der Waals surface area contributed by atoms with E-state index in [1.54, 1.807) is 24.3 Å². The molecule has 24 heavy (non-hydrogen) atoms. The van der Waals surface area contributed by atoms with Crippen molar-refractivity contribution in [2.24, 2.45) is 11.8 Å². The van der Waals surface area contributed by atoms with Gasteiger partial charge in [-0.25, -0.2) is 0 Å². The molecule has 0 heterocycles. The summed E-state index contributed by atoms with van der Waals surface area (Å²) in [5, 5.41) is 15.8. The maximum absolute atomic E-state index is 12.6. The van der Waals surface area contributed by atoms with Gasteiger partial charge in [-0.05, 0) is 24.6 Å². The molecule has 0 radical (unpaired) electrons. The number of halogens is 1. The molecule has 6 nitrogen and oxygen atoms in total. The Balaban J connectivity index is 2.63. The van der Waals surface area contributed by atoms with Crippen molar-refractivity contribution in [1.29, 1.82) is 0 Å². The molecule has 130 valence electrons. The predicted molar refractivity (Wildman–Crippen MR) is 92.2 cm³/mol. The molecule has 1 aromatic carbocycles. The molecule has 1 aliphatic carbocycles. The third kappa shape index (κ3) is 3.37. The second-order valence-electron chi connectivity index (χ2n) is 6.26. The number of carbonyl (C=O) groups is 3. The van der Waals surface area contributed by atoms with Gasteiger partial charge in [-0.2, -0.15) is 0 Å². The van der Waals surface area contributed by atoms with Crippen LogP contribution in [0.15, 0.2) is 28.7 Å². The first-order valence-corrected chi connectivity index (χ1v) is 8.46. The van der Waals surface area contributed by atoms with E-state index in [1.807, 2.05) is 0 Å². The van der Waals surface area contributed by atoms with Crippen molar-refractivity contribution in [3.05, 3.63) is 34.3 Å². The van der Waals surface area contributed by atoms with E-state index in [0.29, 0.717) is 5.56 Å². The Labute approximate surface area is 149 Å². The van der Waals surface area contributed by atoms with Crippen LogP contribution < -0.4 is 10.6 Å². The molecule has 1 fully saturated rings. The number of nitrogens with one attached hydrogen (secondary N) is 2. The van der Waals surface area contributed by atoms with Crippen molar-refractivity contribution in [2.45, 2.75) is 24.9 Å². The summed E-state index contributed by atoms with van der Waals surface area (Å²) in [4.78, 5) is 37.4. The molecule has 0 aliphatic heterocycles. The number of ketones is 1. The van der Waals surface area contributed by atoms with Gasteiger partial charge in [0.25, 0.3) is 0 Å². The van der Waals surface area contributed by atoms with Crippen LogP contribution in [0.1, 0.15) is 24.8 Å². The van der Waals surface area contributed by atoms with Crippen LogP contribution in [0.25, 0.3) is 0 Å². The van der Waals surface area contributed by atoms with E-state index in [1.165, 1.54) is 21.0 Å². The minimum absolute atomic E-state index is 0.240. The number of benzene rings is 1. The van der Waals surface area contributed by atoms with Crippen LogP contribution in [0.4, 0.5) is 0 Å². The summed E-state index contributed by atoms with van der Waals surface area (Å²) in [6, 6.07) is 7.08. The Bertz CT molecular complexity index is 657. The molecule has 0 bridgehead atoms. The summed E-state index contributed by atoms with van der Waals surface area (Å²) in [5.74, 6) is -3.88. The standard InChI is InChI=1S/C17H21BrN2O4/c1-17(24)8-11(21)13(15(22)19-2)12(14(17)16(23)20-3)9-4-6-10(18)7-5-9/h4-7,12-14,24H,8H2,1-3H3,(H,19,22)(H,20,23)/t12-,13+,14-,17-/m0/s1. The molecule has 0 unspecified atom stereocenters. The number of Topliss-reactive ketones (excluding diaryl/α,β-unsaturated/α-hetero) is 1. The Hall–Kier alpha value is -1.73. The topological polar surface area (TPSA) is 95.5 Å². The molecule has 4 atom stereocenters. The van der Waals surface area contributed by atoms with Crippen LogP contribution >= 0.6 is 15.9 Å². The zero-order valence-electron chi connectivity index (χ0n) is 13.8. The van der Waals surface area contributed by atoms with Gasteiger partial charge < -0.3 is 15.7 Å². The molecule has 0 aromatic heterocycles. The molecule has 1 aromatic rings. The predicted octanol–water partition coefficient (Wildman–Crippen LogP) is 0.981. The highest BCUT2D eigenvalue weighted by molar-refractivity contribution is 9.10. The van der Waals surface area contributed by atoms with E-state index in [-0.39, 0.29) is 12.2 Å². The highest BCUT2D eigenvalue weighted by Crippen LogP contribution is 2.46. The maximum atomic E-state index is 12.6. The van der Waals surface area contributed by atoms with E-state index in [9.17, 15) is 19.5 Å². The van der Waals surface area contributed by atoms with E-state index in [0.717, 1.165) is 4.47 Å². The number of amides is 2. The van der Waals surface area contributed by atoms with Gasteiger partial charge in [-0.3, -0.25) is 14.4 Å². The average molecular weight is 397 g/mol. The monoisotopic (exact) mass is 396 g/mol. The molecule has 3 N–H and O–H groups in total. The van der Waals surface area contributed by atoms with Crippen LogP contribution in [0.5, 0.6) is 0 Å². The lowest BCUT2D eigenvalue weighted by Crippen LogP contribution is -2.57. The van der Waals surface area contributed by atoms with Gasteiger partial charge in [-0.15, -0.1) is 0 Å². The maximum Gasteiger partial charge on any atom is 0.230 e. The van der Waals surface area contributed by atoms with Gasteiger partial charge >= 0.3 is 0 Å². The summed E-state index contributed by atoms with van der Waals surface area (Å²) >= 11 is 3.34. The lowest BCUT2D eigenvalue weighted by molar-refractivity contribution is -0.153. The summed E-state index contributed by atoms with van der Waals surface area (Å²) in [6.07, 6.45) is -0.240. The first kappa shape index (κ1) is 18.6. The van der Waals surface area contributed by atoms with Gasteiger partial charge in [0, 0.05) is 30.9 Å². The van der Waals surface area contributed by atoms with E-state index in [4.69, 9.17) is 0 Å². The van der Waals surface area contributed by atoms with Crippen molar-refractivity contribution < 1.29 is 19.5 Å². The second-order valence-corrected chi connectivity index (χ2v) is 7.18. The summed E-state index contributed by atoms with van der Waals surface area (Å²) in [5.41, 5.74) is -0.867. The van der Waals surface area contributed by atoms with E-state index < -0.39 is 35.2 Å². The highest BCUT2D eigenvalue weighted by atomic mass is 79.9. The number of hydrogen-bond acceptors (Lipinski definition) is 4. The fourth-order valence-corrected chi connectivity index (χ4v) is 3.75. The molecule has 0 saturated heterocycles. The zero-order valence-corrected chi connectivity index (χ0v) is 15.4. The van der Waals surface area contributed by atoms with Crippen molar-refractivity contribution >= 4 is 33.5 Å². The zero-order chi connectivity index (χ0) is 18.1. The first-order chi connectivity index (χ1) is 11.2. The molecule has 1 aliphatic rings. The first-order valence-electron chi connectivity index (χ1n) is 7.66. The Kier molecular flexibility index (Phi) is 5.45. The van der Waals surface area contributed by atoms with Gasteiger partial charge in [0.15, 0.2) is 0 Å². The lowest BCUT2D eigenvalue weighted by Gasteiger charge is -2.44. The number of aliphatic hydroxyl groups is 1. The summed E-state index contributed by atoms with van der Waals surface area (Å²) in [6.45, 7) is 1.47. The van der Waals surface area contributed by atoms with E-state index >= 15 is 0 Å². The van der Waals surface area contributed by atoms with Gasteiger partial charge in [0.1, 0.15) is 11.7 Å². The third-order valence-corrected chi connectivity index (χ3v) is 5.11. The molecule has 7 heteroatoms. The molecule has 1 saturated carbocycles. The average Bonchev–Trinajstić information content (AvgIpc) is 2.53. The molecule has 2 rings (SSSR count). The van der Waals surface area contributed by atoms with Crippen LogP contribution in [0.2, 0.25) is 0 Å². The fourth-order valence-electron chi connectivity index (χ4n) is 3.49. The van der Waals surface area contributed by atoms with Gasteiger partial charge in [-0.1, -0.05) is 28.1 Å². The molecule has 2 amide bonds. The normalized spacial score (nSPS) is 29.9. The number of hydrogen-bond donors (Lipinski definition) is 3. The Morgan fingerprint density at radius 2 is 1.71 bits per heavy atom. The molecular weight excluding hydrogens is 376 g/mol. The van der Waals surface area contributed by atoms with Gasteiger partial charge in [0.2, 0.25) is 11.8 Å². The summed E-state index contributed by atoms with van der Waals surface area (Å²) < 4.78 is 0.841. The van der Waals surface area contributed by atoms with Crippen LogP contribution in [-0.4, -0.2) is 42.4 Å². The molecule has 0 spiro atoms. The number of rotatable bonds is 3. The van der Waals surface area contributed by atoms with Crippen molar-refractivity contribution in [2.75, 3.05) is 14.1 Å². The quantitative estimate of drug-likeness (QED) is 0.663. The van der Waals surface area contributed by atoms with Crippen LogP contribution in [0.3, 0.4) is 0 Å².